The van der Waals surface area contributed by atoms with Crippen LogP contribution in [0.5, 0.6) is 5.75 Å². The molecule has 0 aromatic heterocycles. The highest BCUT2D eigenvalue weighted by Crippen LogP contribution is 2.28. The van der Waals surface area contributed by atoms with Gasteiger partial charge in [0.15, 0.2) is 6.79 Å². The minimum Gasteiger partial charge on any atom is -0.468 e. The number of hydrogen-bond donors (Lipinski definition) is 2. The maximum Gasteiger partial charge on any atom is 0.497 e. The summed E-state index contributed by atoms with van der Waals surface area (Å²) < 4.78 is 16.2. The van der Waals surface area contributed by atoms with Crippen molar-refractivity contribution in [3.63, 3.8) is 0 Å². The first kappa shape index (κ1) is 20.5. The van der Waals surface area contributed by atoms with Gasteiger partial charge in [-0.15, -0.1) is 0 Å². The summed E-state index contributed by atoms with van der Waals surface area (Å²) >= 11 is 12.2. The van der Waals surface area contributed by atoms with Gasteiger partial charge in [0.25, 0.3) is 0 Å². The molecule has 0 aliphatic heterocycles. The molecular formula is C15H23BCl2O5. The SMILES string of the molecule is CCOCOc1cc(Cl)cc(Cl)c1B(O)OC(C)(C)C(C)(C)O. The van der Waals surface area contributed by atoms with Gasteiger partial charge < -0.3 is 24.3 Å². The molecule has 0 saturated heterocycles. The van der Waals surface area contributed by atoms with E-state index in [1.54, 1.807) is 27.7 Å². The molecule has 0 amide bonds. The number of aliphatic hydroxyl groups is 1. The van der Waals surface area contributed by atoms with Crippen LogP contribution in [0.3, 0.4) is 0 Å². The molecule has 8 heteroatoms. The second kappa shape index (κ2) is 8.05. The highest BCUT2D eigenvalue weighted by atomic mass is 35.5. The molecule has 0 saturated carbocycles. The quantitative estimate of drug-likeness (QED) is 0.421. The smallest absolute Gasteiger partial charge is 0.468 e. The first-order chi connectivity index (χ1) is 10.5. The zero-order valence-corrected chi connectivity index (χ0v) is 15.5. The van der Waals surface area contributed by atoms with Crippen molar-refractivity contribution in [1.82, 2.24) is 0 Å². The lowest BCUT2D eigenvalue weighted by atomic mass is 9.76. The lowest BCUT2D eigenvalue weighted by Gasteiger charge is -2.38. The van der Waals surface area contributed by atoms with E-state index in [2.05, 4.69) is 0 Å². The van der Waals surface area contributed by atoms with Crippen LogP contribution in [0.1, 0.15) is 34.6 Å². The third-order valence-corrected chi connectivity index (χ3v) is 4.22. The van der Waals surface area contributed by atoms with Gasteiger partial charge in [-0.25, -0.2) is 0 Å². The van der Waals surface area contributed by atoms with Crippen molar-refractivity contribution in [2.45, 2.75) is 45.8 Å². The largest absolute Gasteiger partial charge is 0.497 e. The van der Waals surface area contributed by atoms with Gasteiger partial charge in [0, 0.05) is 22.1 Å². The van der Waals surface area contributed by atoms with Gasteiger partial charge in [-0.2, -0.15) is 0 Å². The van der Waals surface area contributed by atoms with Crippen molar-refractivity contribution in [3.8, 4) is 5.75 Å². The Morgan fingerprint density at radius 3 is 2.30 bits per heavy atom. The summed E-state index contributed by atoms with van der Waals surface area (Å²) in [5.74, 6) is 0.259. The van der Waals surface area contributed by atoms with Gasteiger partial charge >= 0.3 is 7.12 Å². The van der Waals surface area contributed by atoms with Crippen LogP contribution in [0, 0.1) is 0 Å². The maximum atomic E-state index is 10.4. The van der Waals surface area contributed by atoms with Crippen molar-refractivity contribution in [1.29, 1.82) is 0 Å². The zero-order valence-electron chi connectivity index (χ0n) is 14.0. The lowest BCUT2D eigenvalue weighted by molar-refractivity contribution is -0.0983. The molecule has 0 atom stereocenters. The Bertz CT molecular complexity index is 531. The average molecular weight is 365 g/mol. The molecule has 1 rings (SSSR count). The third kappa shape index (κ3) is 5.52. The van der Waals surface area contributed by atoms with Crippen molar-refractivity contribution < 1.29 is 24.3 Å². The molecule has 0 bridgehead atoms. The van der Waals surface area contributed by atoms with Crippen LogP contribution in [-0.2, 0) is 9.39 Å². The molecule has 0 spiro atoms. The van der Waals surface area contributed by atoms with Gasteiger partial charge in [0.05, 0.1) is 11.2 Å². The molecule has 1 aromatic carbocycles. The first-order valence-corrected chi connectivity index (χ1v) is 8.03. The molecular weight excluding hydrogens is 342 g/mol. The van der Waals surface area contributed by atoms with E-state index in [0.717, 1.165) is 0 Å². The summed E-state index contributed by atoms with van der Waals surface area (Å²) in [6.07, 6.45) is 0. The molecule has 2 N–H and O–H groups in total. The molecule has 0 aliphatic carbocycles. The van der Waals surface area contributed by atoms with Crippen LogP contribution in [-0.4, -0.2) is 41.9 Å². The molecule has 1 aromatic rings. The van der Waals surface area contributed by atoms with Crippen LogP contribution in [0.2, 0.25) is 10.0 Å². The Hall–Kier alpha value is -0.495. The molecule has 0 radical (unpaired) electrons. The Morgan fingerprint density at radius 1 is 1.17 bits per heavy atom. The van der Waals surface area contributed by atoms with Crippen molar-refractivity contribution >= 4 is 35.8 Å². The normalized spacial score (nSPS) is 12.4. The van der Waals surface area contributed by atoms with E-state index in [0.29, 0.717) is 11.6 Å². The van der Waals surface area contributed by atoms with Crippen LogP contribution in [0.25, 0.3) is 0 Å². The first-order valence-electron chi connectivity index (χ1n) is 7.27. The predicted octanol–water partition coefficient (Wildman–Crippen LogP) is 2.62. The molecule has 0 fully saturated rings. The summed E-state index contributed by atoms with van der Waals surface area (Å²) in [6, 6.07) is 3.00. The van der Waals surface area contributed by atoms with Gasteiger partial charge in [-0.05, 0) is 46.8 Å². The summed E-state index contributed by atoms with van der Waals surface area (Å²) in [5, 5.41) is 21.2. The standard InChI is InChI=1S/C15H23BCl2O5/c1-6-21-9-22-12-8-10(17)7-11(18)13(12)16(20)23-15(4,5)14(2,3)19/h7-8,19-20H,6,9H2,1-5H3. The van der Waals surface area contributed by atoms with E-state index in [9.17, 15) is 10.1 Å². The Morgan fingerprint density at radius 2 is 1.78 bits per heavy atom. The van der Waals surface area contributed by atoms with Gasteiger partial charge in [0.1, 0.15) is 5.75 Å². The topological polar surface area (TPSA) is 68.2 Å². The van der Waals surface area contributed by atoms with Crippen LogP contribution in [0.15, 0.2) is 12.1 Å². The van der Waals surface area contributed by atoms with E-state index < -0.39 is 18.3 Å². The number of hydrogen-bond acceptors (Lipinski definition) is 5. The van der Waals surface area contributed by atoms with Crippen molar-refractivity contribution in [2.75, 3.05) is 13.4 Å². The minimum absolute atomic E-state index is 0.0121. The average Bonchev–Trinajstić information content (AvgIpc) is 2.36. The Kier molecular flexibility index (Phi) is 7.20. The number of ether oxygens (including phenoxy) is 2. The fourth-order valence-corrected chi connectivity index (χ4v) is 2.16. The molecule has 23 heavy (non-hydrogen) atoms. The van der Waals surface area contributed by atoms with Gasteiger partial charge in [-0.1, -0.05) is 23.2 Å². The van der Waals surface area contributed by atoms with Crippen LogP contribution >= 0.6 is 23.2 Å². The summed E-state index contributed by atoms with van der Waals surface area (Å²) in [4.78, 5) is 0. The van der Waals surface area contributed by atoms with E-state index in [1.807, 2.05) is 6.92 Å². The summed E-state index contributed by atoms with van der Waals surface area (Å²) in [7, 11) is -1.40. The third-order valence-electron chi connectivity index (χ3n) is 3.68. The number of rotatable bonds is 8. The molecule has 130 valence electrons. The Balaban J connectivity index is 3.09. The second-order valence-corrected chi connectivity index (χ2v) is 6.94. The maximum absolute atomic E-state index is 10.4. The highest BCUT2D eigenvalue weighted by Gasteiger charge is 2.41. The Labute approximate surface area is 147 Å². The molecule has 0 aliphatic rings. The van der Waals surface area contributed by atoms with Gasteiger partial charge in [-0.3, -0.25) is 0 Å². The predicted molar refractivity (Wildman–Crippen MR) is 92.7 cm³/mol. The fraction of sp³-hybridized carbons (Fsp3) is 0.600. The van der Waals surface area contributed by atoms with Gasteiger partial charge in [0.2, 0.25) is 0 Å². The number of halogens is 2. The highest BCUT2D eigenvalue weighted by molar-refractivity contribution is 6.65. The van der Waals surface area contributed by atoms with E-state index in [1.165, 1.54) is 12.1 Å². The molecule has 0 unspecified atom stereocenters. The fourth-order valence-electron chi connectivity index (χ4n) is 1.59. The number of benzene rings is 1. The lowest BCUT2D eigenvalue weighted by Crippen LogP contribution is -2.53. The van der Waals surface area contributed by atoms with E-state index in [-0.39, 0.29) is 23.0 Å². The van der Waals surface area contributed by atoms with Crippen LogP contribution < -0.4 is 10.2 Å². The zero-order chi connectivity index (χ0) is 17.8. The van der Waals surface area contributed by atoms with Crippen molar-refractivity contribution in [3.05, 3.63) is 22.2 Å². The molecule has 5 nitrogen and oxygen atoms in total. The van der Waals surface area contributed by atoms with E-state index in [4.69, 9.17) is 37.3 Å². The monoisotopic (exact) mass is 364 g/mol. The van der Waals surface area contributed by atoms with Crippen molar-refractivity contribution in [2.24, 2.45) is 0 Å². The minimum atomic E-state index is -1.40. The van der Waals surface area contributed by atoms with E-state index >= 15 is 0 Å². The summed E-state index contributed by atoms with van der Waals surface area (Å²) in [6.45, 7) is 8.82. The second-order valence-electron chi connectivity index (χ2n) is 6.09. The van der Waals surface area contributed by atoms with Crippen LogP contribution in [0.4, 0.5) is 0 Å². The summed E-state index contributed by atoms with van der Waals surface area (Å²) in [5.41, 5.74) is -1.99. The molecule has 0 heterocycles.